The predicted octanol–water partition coefficient (Wildman–Crippen LogP) is 12.7. The van der Waals surface area contributed by atoms with Gasteiger partial charge in [0.1, 0.15) is 11.2 Å². The molecule has 0 aliphatic carbocycles. The third-order valence-electron chi connectivity index (χ3n) is 8.84. The molecule has 0 bridgehead atoms. The van der Waals surface area contributed by atoms with E-state index in [0.717, 1.165) is 44.6 Å². The van der Waals surface area contributed by atoms with Crippen LogP contribution in [0.25, 0.3) is 55.3 Å². The Morgan fingerprint density at radius 2 is 0.913 bits per heavy atom. The quantitative estimate of drug-likeness (QED) is 0.191. The van der Waals surface area contributed by atoms with Gasteiger partial charge in [-0.15, -0.1) is 0 Å². The van der Waals surface area contributed by atoms with Crippen LogP contribution in [0.4, 0.5) is 17.1 Å². The second kappa shape index (κ2) is 11.6. The van der Waals surface area contributed by atoms with E-state index in [1.54, 1.807) is 0 Å². The Kier molecular flexibility index (Phi) is 6.96. The average Bonchev–Trinajstić information content (AvgIpc) is 3.48. The first kappa shape index (κ1) is 27.7. The maximum Gasteiger partial charge on any atom is 0.135 e. The zero-order chi connectivity index (χ0) is 31.0. The number of aryl methyl sites for hydroxylation is 2. The molecule has 1 heterocycles. The highest BCUT2D eigenvalue weighted by molar-refractivity contribution is 6.07. The van der Waals surface area contributed by atoms with Crippen molar-refractivity contribution < 1.29 is 4.42 Å². The maximum absolute atomic E-state index is 6.20. The third kappa shape index (κ3) is 5.14. The highest BCUT2D eigenvalue weighted by Crippen LogP contribution is 2.42. The van der Waals surface area contributed by atoms with E-state index in [9.17, 15) is 0 Å². The van der Waals surface area contributed by atoms with Crippen LogP contribution in [0.2, 0.25) is 0 Å². The standard InChI is InChI=1S/C44H33NO/c1-30-12-21-36(22-13-30)45(37-23-14-31(2)15-24-37)38-25-26-39(34-18-16-33(17-19-34)32-8-4-3-5-9-32)41(29-38)35-20-27-44-42(28-35)40-10-6-7-11-43(40)46-44/h3-29H,1-2H3. The number of fused-ring (bicyclic) bond motifs is 3. The van der Waals surface area contributed by atoms with Crippen LogP contribution in [-0.4, -0.2) is 0 Å². The summed E-state index contributed by atoms with van der Waals surface area (Å²) in [7, 11) is 0. The summed E-state index contributed by atoms with van der Waals surface area (Å²) in [5.74, 6) is 0. The molecule has 0 N–H and O–H groups in total. The molecule has 0 saturated carbocycles. The van der Waals surface area contributed by atoms with Gasteiger partial charge in [0.25, 0.3) is 0 Å². The van der Waals surface area contributed by atoms with Crippen LogP contribution in [0.5, 0.6) is 0 Å². The molecule has 0 aliphatic heterocycles. The van der Waals surface area contributed by atoms with Gasteiger partial charge in [0, 0.05) is 27.8 Å². The monoisotopic (exact) mass is 591 g/mol. The Bertz CT molecular complexity index is 2250. The number of anilines is 3. The second-order valence-electron chi connectivity index (χ2n) is 12.0. The summed E-state index contributed by atoms with van der Waals surface area (Å²) in [6.07, 6.45) is 0. The summed E-state index contributed by atoms with van der Waals surface area (Å²) >= 11 is 0. The second-order valence-corrected chi connectivity index (χ2v) is 12.0. The number of hydrogen-bond acceptors (Lipinski definition) is 2. The van der Waals surface area contributed by atoms with Crippen molar-refractivity contribution in [1.82, 2.24) is 0 Å². The highest BCUT2D eigenvalue weighted by atomic mass is 16.3. The molecule has 8 aromatic rings. The van der Waals surface area contributed by atoms with Gasteiger partial charge >= 0.3 is 0 Å². The first-order chi connectivity index (χ1) is 22.6. The molecule has 0 saturated heterocycles. The number of para-hydroxylation sites is 1. The van der Waals surface area contributed by atoms with Crippen LogP contribution in [-0.2, 0) is 0 Å². The van der Waals surface area contributed by atoms with Crippen molar-refractivity contribution >= 4 is 39.0 Å². The van der Waals surface area contributed by atoms with Crippen LogP contribution in [0.15, 0.2) is 168 Å². The lowest BCUT2D eigenvalue weighted by Crippen LogP contribution is -2.10. The van der Waals surface area contributed by atoms with E-state index in [0.29, 0.717) is 0 Å². The molecule has 0 fully saturated rings. The van der Waals surface area contributed by atoms with Gasteiger partial charge in [0.05, 0.1) is 0 Å². The van der Waals surface area contributed by atoms with E-state index in [4.69, 9.17) is 4.42 Å². The van der Waals surface area contributed by atoms with Crippen molar-refractivity contribution in [2.75, 3.05) is 4.90 Å². The summed E-state index contributed by atoms with van der Waals surface area (Å²) in [5, 5.41) is 2.25. The number of hydrogen-bond donors (Lipinski definition) is 0. The van der Waals surface area contributed by atoms with Crippen molar-refractivity contribution in [3.63, 3.8) is 0 Å². The molecule has 0 radical (unpaired) electrons. The van der Waals surface area contributed by atoms with Crippen molar-refractivity contribution in [3.8, 4) is 33.4 Å². The molecule has 46 heavy (non-hydrogen) atoms. The van der Waals surface area contributed by atoms with Crippen LogP contribution >= 0.6 is 0 Å². The minimum Gasteiger partial charge on any atom is -0.456 e. The van der Waals surface area contributed by atoms with Crippen molar-refractivity contribution in [1.29, 1.82) is 0 Å². The fraction of sp³-hybridized carbons (Fsp3) is 0.0455. The average molecular weight is 592 g/mol. The Morgan fingerprint density at radius 1 is 0.370 bits per heavy atom. The predicted molar refractivity (Wildman–Crippen MR) is 194 cm³/mol. The topological polar surface area (TPSA) is 16.4 Å². The fourth-order valence-corrected chi connectivity index (χ4v) is 6.36. The van der Waals surface area contributed by atoms with Crippen LogP contribution in [0.1, 0.15) is 11.1 Å². The van der Waals surface area contributed by atoms with Gasteiger partial charge in [-0.05, 0) is 102 Å². The maximum atomic E-state index is 6.20. The SMILES string of the molecule is Cc1ccc(N(c2ccc(C)cc2)c2ccc(-c3ccc(-c4ccccc4)cc3)c(-c3ccc4oc5ccccc5c4c3)c2)cc1. The normalized spacial score (nSPS) is 11.3. The summed E-state index contributed by atoms with van der Waals surface area (Å²) in [4.78, 5) is 2.34. The Balaban J connectivity index is 1.32. The Hall–Kier alpha value is -5.86. The van der Waals surface area contributed by atoms with E-state index in [-0.39, 0.29) is 0 Å². The zero-order valence-electron chi connectivity index (χ0n) is 25.9. The first-order valence-corrected chi connectivity index (χ1v) is 15.8. The molecule has 0 aliphatic rings. The van der Waals surface area contributed by atoms with E-state index in [2.05, 4.69) is 170 Å². The molecule has 2 nitrogen and oxygen atoms in total. The van der Waals surface area contributed by atoms with Gasteiger partial charge < -0.3 is 9.32 Å². The molecule has 7 aromatic carbocycles. The number of rotatable bonds is 6. The van der Waals surface area contributed by atoms with Gasteiger partial charge in [0.15, 0.2) is 0 Å². The minimum atomic E-state index is 0.899. The summed E-state index contributed by atoms with van der Waals surface area (Å²) in [5.41, 5.74) is 14.7. The lowest BCUT2D eigenvalue weighted by Gasteiger charge is -2.27. The van der Waals surface area contributed by atoms with E-state index >= 15 is 0 Å². The smallest absolute Gasteiger partial charge is 0.135 e. The van der Waals surface area contributed by atoms with Crippen LogP contribution in [0, 0.1) is 13.8 Å². The molecule has 0 spiro atoms. The van der Waals surface area contributed by atoms with E-state index in [1.165, 1.54) is 38.9 Å². The molecule has 2 heteroatoms. The van der Waals surface area contributed by atoms with Crippen molar-refractivity contribution in [2.45, 2.75) is 13.8 Å². The lowest BCUT2D eigenvalue weighted by molar-refractivity contribution is 0.669. The van der Waals surface area contributed by atoms with Crippen molar-refractivity contribution in [3.05, 3.63) is 175 Å². The van der Waals surface area contributed by atoms with Crippen LogP contribution in [0.3, 0.4) is 0 Å². The van der Waals surface area contributed by atoms with Crippen molar-refractivity contribution in [2.24, 2.45) is 0 Å². The van der Waals surface area contributed by atoms with Gasteiger partial charge in [-0.3, -0.25) is 0 Å². The minimum absolute atomic E-state index is 0.899. The van der Waals surface area contributed by atoms with E-state index in [1.807, 2.05) is 12.1 Å². The third-order valence-corrected chi connectivity index (χ3v) is 8.84. The van der Waals surface area contributed by atoms with Gasteiger partial charge in [-0.1, -0.05) is 120 Å². The first-order valence-electron chi connectivity index (χ1n) is 15.8. The number of furan rings is 1. The molecule has 0 atom stereocenters. The molecule has 1 aromatic heterocycles. The number of benzene rings is 7. The largest absolute Gasteiger partial charge is 0.456 e. The summed E-state index contributed by atoms with van der Waals surface area (Å²) < 4.78 is 6.20. The number of nitrogens with zero attached hydrogens (tertiary/aromatic N) is 1. The summed E-state index contributed by atoms with van der Waals surface area (Å²) in [6.45, 7) is 4.26. The Morgan fingerprint density at radius 3 is 1.61 bits per heavy atom. The highest BCUT2D eigenvalue weighted by Gasteiger charge is 2.18. The fourth-order valence-electron chi connectivity index (χ4n) is 6.36. The van der Waals surface area contributed by atoms with Gasteiger partial charge in [-0.2, -0.15) is 0 Å². The zero-order valence-corrected chi connectivity index (χ0v) is 25.9. The molecule has 0 amide bonds. The molecular formula is C44H33NO. The summed E-state index contributed by atoms with van der Waals surface area (Å²) in [6, 6.07) is 58.7. The molecule has 220 valence electrons. The van der Waals surface area contributed by atoms with Gasteiger partial charge in [-0.25, -0.2) is 0 Å². The van der Waals surface area contributed by atoms with Gasteiger partial charge in [0.2, 0.25) is 0 Å². The molecular weight excluding hydrogens is 558 g/mol. The Labute approximate surface area is 269 Å². The molecule has 0 unspecified atom stereocenters. The van der Waals surface area contributed by atoms with E-state index < -0.39 is 0 Å². The molecule has 8 rings (SSSR count). The van der Waals surface area contributed by atoms with Crippen LogP contribution < -0.4 is 4.90 Å². The lowest BCUT2D eigenvalue weighted by atomic mass is 9.92.